The van der Waals surface area contributed by atoms with Gasteiger partial charge in [0.25, 0.3) is 0 Å². The summed E-state index contributed by atoms with van der Waals surface area (Å²) in [5.74, 6) is 3.26. The first-order chi connectivity index (χ1) is 12.4. The van der Waals surface area contributed by atoms with Crippen molar-refractivity contribution in [3.8, 4) is 0 Å². The van der Waals surface area contributed by atoms with Gasteiger partial charge in [0.15, 0.2) is 0 Å². The highest BCUT2D eigenvalue weighted by atomic mass is 16.3. The summed E-state index contributed by atoms with van der Waals surface area (Å²) in [6, 6.07) is 15.2. The smallest absolute Gasteiger partial charge is 0.107 e. The van der Waals surface area contributed by atoms with Crippen LogP contribution < -0.4 is 0 Å². The molecule has 2 fully saturated rings. The molecule has 2 aromatic rings. The second kappa shape index (κ2) is 8.08. The lowest BCUT2D eigenvalue weighted by atomic mass is 9.66. The van der Waals surface area contributed by atoms with Crippen molar-refractivity contribution in [3.05, 3.63) is 65.6 Å². The van der Waals surface area contributed by atoms with E-state index in [1.165, 1.54) is 69.1 Å². The second-order valence-corrected chi connectivity index (χ2v) is 7.92. The van der Waals surface area contributed by atoms with Crippen LogP contribution in [0.1, 0.15) is 75.0 Å². The van der Waals surface area contributed by atoms with Gasteiger partial charge in [-0.1, -0.05) is 67.7 Å². The van der Waals surface area contributed by atoms with E-state index in [-0.39, 0.29) is 0 Å². The zero-order valence-electron chi connectivity index (χ0n) is 15.2. The Morgan fingerprint density at radius 1 is 0.840 bits per heavy atom. The number of hydrogen-bond acceptors (Lipinski definition) is 1. The van der Waals surface area contributed by atoms with E-state index in [0.29, 0.717) is 11.8 Å². The fourth-order valence-electron chi connectivity index (χ4n) is 5.15. The Morgan fingerprint density at radius 3 is 2.40 bits per heavy atom. The summed E-state index contributed by atoms with van der Waals surface area (Å²) in [4.78, 5) is 0. The van der Waals surface area contributed by atoms with E-state index in [2.05, 4.69) is 48.5 Å². The van der Waals surface area contributed by atoms with E-state index in [4.69, 9.17) is 4.42 Å². The molecule has 2 atom stereocenters. The van der Waals surface area contributed by atoms with Crippen LogP contribution in [-0.4, -0.2) is 0 Å². The van der Waals surface area contributed by atoms with E-state index in [0.717, 1.165) is 5.92 Å². The summed E-state index contributed by atoms with van der Waals surface area (Å²) < 4.78 is 5.97. The van der Waals surface area contributed by atoms with Crippen molar-refractivity contribution in [2.24, 2.45) is 11.8 Å². The zero-order valence-corrected chi connectivity index (χ0v) is 15.2. The van der Waals surface area contributed by atoms with E-state index in [9.17, 15) is 0 Å². The predicted molar refractivity (Wildman–Crippen MR) is 104 cm³/mol. The van der Waals surface area contributed by atoms with Crippen LogP contribution in [0.25, 0.3) is 6.08 Å². The number of hydrogen-bond donors (Lipinski definition) is 0. The van der Waals surface area contributed by atoms with Gasteiger partial charge in [0.05, 0.1) is 6.26 Å². The van der Waals surface area contributed by atoms with Crippen LogP contribution in [0.5, 0.6) is 0 Å². The third-order valence-corrected chi connectivity index (χ3v) is 6.32. The third kappa shape index (κ3) is 3.92. The van der Waals surface area contributed by atoms with E-state index in [1.807, 2.05) is 6.26 Å². The zero-order chi connectivity index (χ0) is 16.9. The van der Waals surface area contributed by atoms with Crippen LogP contribution in [0.4, 0.5) is 0 Å². The highest BCUT2D eigenvalue weighted by Crippen LogP contribution is 2.48. The molecule has 0 aliphatic heterocycles. The number of allylic oxidation sites excluding steroid dienone is 1. The summed E-state index contributed by atoms with van der Waals surface area (Å²) in [7, 11) is 0. The van der Waals surface area contributed by atoms with Gasteiger partial charge in [0.1, 0.15) is 5.76 Å². The summed E-state index contributed by atoms with van der Waals surface area (Å²) in [5, 5.41) is 0. The molecule has 0 amide bonds. The molecular weight excluding hydrogens is 304 g/mol. The summed E-state index contributed by atoms with van der Waals surface area (Å²) >= 11 is 0. The Bertz CT molecular complexity index is 661. The molecule has 2 aliphatic carbocycles. The van der Waals surface area contributed by atoms with Crippen molar-refractivity contribution >= 4 is 6.08 Å². The molecular formula is C24H30O. The van der Waals surface area contributed by atoms with Gasteiger partial charge in [-0.25, -0.2) is 0 Å². The number of furan rings is 1. The SMILES string of the molecule is C(=C1CCCCC1C(c1ccco1)C1CCCCC1)c1ccccc1. The quantitative estimate of drug-likeness (QED) is 0.575. The minimum Gasteiger partial charge on any atom is -0.469 e. The first-order valence-corrected chi connectivity index (χ1v) is 10.2. The monoisotopic (exact) mass is 334 g/mol. The molecule has 0 N–H and O–H groups in total. The number of rotatable bonds is 4. The van der Waals surface area contributed by atoms with Crippen molar-refractivity contribution in [1.29, 1.82) is 0 Å². The molecule has 132 valence electrons. The standard InChI is InChI=1S/C24H30O/c1-3-10-19(11-4-1)18-21-14-7-8-15-22(21)24(23-16-9-17-25-23)20-12-5-2-6-13-20/h1,3-4,9-11,16-18,20,22,24H,2,5-8,12-15H2. The van der Waals surface area contributed by atoms with Crippen molar-refractivity contribution < 1.29 is 4.42 Å². The van der Waals surface area contributed by atoms with Crippen LogP contribution in [0.2, 0.25) is 0 Å². The molecule has 0 spiro atoms. The first-order valence-electron chi connectivity index (χ1n) is 10.2. The minimum absolute atomic E-state index is 0.575. The van der Waals surface area contributed by atoms with Crippen LogP contribution in [0.15, 0.2) is 58.7 Å². The van der Waals surface area contributed by atoms with Crippen LogP contribution >= 0.6 is 0 Å². The molecule has 25 heavy (non-hydrogen) atoms. The predicted octanol–water partition coefficient (Wildman–Crippen LogP) is 7.22. The fraction of sp³-hybridized carbons (Fsp3) is 0.500. The van der Waals surface area contributed by atoms with E-state index in [1.54, 1.807) is 5.57 Å². The second-order valence-electron chi connectivity index (χ2n) is 7.92. The lowest BCUT2D eigenvalue weighted by Crippen LogP contribution is -2.26. The third-order valence-electron chi connectivity index (χ3n) is 6.32. The topological polar surface area (TPSA) is 13.1 Å². The lowest BCUT2D eigenvalue weighted by Gasteiger charge is -2.38. The highest BCUT2D eigenvalue weighted by Gasteiger charge is 2.36. The molecule has 0 radical (unpaired) electrons. The van der Waals surface area contributed by atoms with Gasteiger partial charge in [0, 0.05) is 5.92 Å². The summed E-state index contributed by atoms with van der Waals surface area (Å²) in [6.45, 7) is 0. The normalized spacial score (nSPS) is 25.1. The van der Waals surface area contributed by atoms with Crippen LogP contribution in [0.3, 0.4) is 0 Å². The van der Waals surface area contributed by atoms with Gasteiger partial charge in [0.2, 0.25) is 0 Å². The maximum absolute atomic E-state index is 5.97. The van der Waals surface area contributed by atoms with E-state index >= 15 is 0 Å². The Morgan fingerprint density at radius 2 is 1.64 bits per heavy atom. The van der Waals surface area contributed by atoms with Crippen molar-refractivity contribution in [1.82, 2.24) is 0 Å². The van der Waals surface area contributed by atoms with Gasteiger partial charge >= 0.3 is 0 Å². The van der Waals surface area contributed by atoms with Gasteiger partial charge in [-0.05, 0) is 61.6 Å². The Balaban J connectivity index is 1.67. The average molecular weight is 335 g/mol. The molecule has 2 saturated carbocycles. The summed E-state index contributed by atoms with van der Waals surface area (Å²) in [6.07, 6.45) is 16.6. The number of benzene rings is 1. The minimum atomic E-state index is 0.575. The Hall–Kier alpha value is -1.76. The van der Waals surface area contributed by atoms with Crippen LogP contribution in [0, 0.1) is 11.8 Å². The summed E-state index contributed by atoms with van der Waals surface area (Å²) in [5.41, 5.74) is 3.01. The molecule has 1 heteroatoms. The molecule has 4 rings (SSSR count). The molecule has 1 nitrogen and oxygen atoms in total. The molecule has 0 bridgehead atoms. The van der Waals surface area contributed by atoms with Gasteiger partial charge in [-0.3, -0.25) is 0 Å². The largest absolute Gasteiger partial charge is 0.469 e. The first kappa shape index (κ1) is 16.7. The van der Waals surface area contributed by atoms with Gasteiger partial charge < -0.3 is 4.42 Å². The van der Waals surface area contributed by atoms with Crippen molar-refractivity contribution in [3.63, 3.8) is 0 Å². The molecule has 2 unspecified atom stereocenters. The fourth-order valence-corrected chi connectivity index (χ4v) is 5.15. The molecule has 1 aromatic heterocycles. The lowest BCUT2D eigenvalue weighted by molar-refractivity contribution is 0.214. The maximum Gasteiger partial charge on any atom is 0.107 e. The van der Waals surface area contributed by atoms with Crippen molar-refractivity contribution in [2.45, 2.75) is 63.7 Å². The van der Waals surface area contributed by atoms with Crippen molar-refractivity contribution in [2.75, 3.05) is 0 Å². The molecule has 1 aromatic carbocycles. The highest BCUT2D eigenvalue weighted by molar-refractivity contribution is 5.54. The van der Waals surface area contributed by atoms with Gasteiger partial charge in [-0.2, -0.15) is 0 Å². The average Bonchev–Trinajstić information content (AvgIpc) is 3.19. The van der Waals surface area contributed by atoms with Crippen LogP contribution in [-0.2, 0) is 0 Å². The maximum atomic E-state index is 5.97. The Labute approximate surface area is 152 Å². The molecule has 0 saturated heterocycles. The van der Waals surface area contributed by atoms with E-state index < -0.39 is 0 Å². The molecule has 2 aliphatic rings. The molecule has 1 heterocycles. The Kier molecular flexibility index (Phi) is 5.40. The van der Waals surface area contributed by atoms with Gasteiger partial charge in [-0.15, -0.1) is 0 Å².